The van der Waals surface area contributed by atoms with E-state index in [0.29, 0.717) is 18.5 Å². The second kappa shape index (κ2) is 10.1. The van der Waals surface area contributed by atoms with Gasteiger partial charge in [0.25, 0.3) is 0 Å². The molecular formula is C23H24N6O2S. The molecule has 9 heteroatoms. The first-order valence-corrected chi connectivity index (χ1v) is 11.3. The number of nitrogens with zero attached hydrogens (tertiary/aromatic N) is 6. The second-order valence-electron chi connectivity index (χ2n) is 7.44. The van der Waals surface area contributed by atoms with Gasteiger partial charge in [-0.3, -0.25) is 0 Å². The van der Waals surface area contributed by atoms with Crippen LogP contribution in [0.2, 0.25) is 0 Å². The third kappa shape index (κ3) is 5.17. The van der Waals surface area contributed by atoms with Crippen molar-refractivity contribution in [2.45, 2.75) is 39.2 Å². The molecule has 32 heavy (non-hydrogen) atoms. The van der Waals surface area contributed by atoms with E-state index in [1.165, 1.54) is 0 Å². The van der Waals surface area contributed by atoms with E-state index in [1.54, 1.807) is 34.6 Å². The van der Waals surface area contributed by atoms with Crippen LogP contribution in [0.1, 0.15) is 41.7 Å². The van der Waals surface area contributed by atoms with Crippen LogP contribution in [-0.4, -0.2) is 40.8 Å². The van der Waals surface area contributed by atoms with Crippen LogP contribution in [0.25, 0.3) is 11.8 Å². The summed E-state index contributed by atoms with van der Waals surface area (Å²) in [6.45, 7) is 2.75. The Hall–Kier alpha value is -3.59. The van der Waals surface area contributed by atoms with Crippen LogP contribution in [0, 0.1) is 0 Å². The molecule has 0 unspecified atom stereocenters. The predicted molar refractivity (Wildman–Crippen MR) is 123 cm³/mol. The summed E-state index contributed by atoms with van der Waals surface area (Å²) in [6.07, 6.45) is 8.41. The van der Waals surface area contributed by atoms with Crippen LogP contribution in [-0.2, 0) is 24.2 Å². The van der Waals surface area contributed by atoms with Gasteiger partial charge in [0, 0.05) is 29.8 Å². The number of hydrogen-bond acceptors (Lipinski definition) is 6. The van der Waals surface area contributed by atoms with Gasteiger partial charge in [0.15, 0.2) is 0 Å². The van der Waals surface area contributed by atoms with Gasteiger partial charge in [0.1, 0.15) is 12.2 Å². The lowest BCUT2D eigenvalue weighted by Crippen LogP contribution is -2.09. The van der Waals surface area contributed by atoms with Gasteiger partial charge in [-0.05, 0) is 52.1 Å². The zero-order valence-corrected chi connectivity index (χ0v) is 18.6. The van der Waals surface area contributed by atoms with E-state index < -0.39 is 5.97 Å². The highest BCUT2D eigenvalue weighted by molar-refractivity contribution is 7.09. The minimum atomic E-state index is -0.910. The van der Waals surface area contributed by atoms with Crippen molar-refractivity contribution < 1.29 is 9.90 Å². The number of rotatable bonds is 10. The maximum absolute atomic E-state index is 11.9. The van der Waals surface area contributed by atoms with Crippen LogP contribution in [0.3, 0.4) is 0 Å². The van der Waals surface area contributed by atoms with E-state index in [0.717, 1.165) is 46.9 Å². The van der Waals surface area contributed by atoms with Gasteiger partial charge in [0.2, 0.25) is 0 Å². The highest BCUT2D eigenvalue weighted by Gasteiger charge is 2.14. The number of tetrazole rings is 1. The molecule has 0 saturated carbocycles. The first-order valence-electron chi connectivity index (χ1n) is 10.5. The Labute approximate surface area is 189 Å². The van der Waals surface area contributed by atoms with E-state index in [2.05, 4.69) is 32.0 Å². The normalized spacial score (nSPS) is 11.7. The average Bonchev–Trinajstić information content (AvgIpc) is 3.56. The number of aryl methyl sites for hydroxylation is 1. The summed E-state index contributed by atoms with van der Waals surface area (Å²) in [7, 11) is 0. The van der Waals surface area contributed by atoms with E-state index in [9.17, 15) is 9.90 Å². The van der Waals surface area contributed by atoms with Crippen LogP contribution in [0.5, 0.6) is 0 Å². The van der Waals surface area contributed by atoms with E-state index >= 15 is 0 Å². The molecule has 0 saturated heterocycles. The number of carbonyl (C=O) groups is 1. The summed E-state index contributed by atoms with van der Waals surface area (Å²) in [6, 6.07) is 11.9. The predicted octanol–water partition coefficient (Wildman–Crippen LogP) is 4.02. The largest absolute Gasteiger partial charge is 0.478 e. The second-order valence-corrected chi connectivity index (χ2v) is 8.47. The molecule has 0 aliphatic heterocycles. The molecule has 0 spiro atoms. The van der Waals surface area contributed by atoms with Crippen molar-refractivity contribution in [1.82, 2.24) is 29.8 Å². The van der Waals surface area contributed by atoms with Gasteiger partial charge in [-0.2, -0.15) is 0 Å². The molecule has 3 aromatic heterocycles. The van der Waals surface area contributed by atoms with Crippen LogP contribution >= 0.6 is 11.3 Å². The van der Waals surface area contributed by atoms with E-state index in [4.69, 9.17) is 0 Å². The Kier molecular flexibility index (Phi) is 6.86. The highest BCUT2D eigenvalue weighted by atomic mass is 32.1. The maximum atomic E-state index is 11.9. The lowest BCUT2D eigenvalue weighted by Gasteiger charge is -2.12. The van der Waals surface area contributed by atoms with Gasteiger partial charge in [-0.25, -0.2) is 14.5 Å². The molecule has 0 aliphatic carbocycles. The zero-order chi connectivity index (χ0) is 22.3. The number of carboxylic acid groups (broad SMARTS) is 1. The minimum Gasteiger partial charge on any atom is -0.478 e. The van der Waals surface area contributed by atoms with Crippen molar-refractivity contribution in [3.63, 3.8) is 0 Å². The Balaban J connectivity index is 1.63. The first kappa shape index (κ1) is 21.6. The fourth-order valence-electron chi connectivity index (χ4n) is 3.45. The average molecular weight is 449 g/mol. The number of carboxylic acids is 1. The Morgan fingerprint density at radius 2 is 2.06 bits per heavy atom. The Morgan fingerprint density at radius 1 is 1.22 bits per heavy atom. The van der Waals surface area contributed by atoms with Gasteiger partial charge in [-0.1, -0.05) is 31.5 Å². The first-order chi connectivity index (χ1) is 15.6. The summed E-state index contributed by atoms with van der Waals surface area (Å²) in [4.78, 5) is 17.6. The van der Waals surface area contributed by atoms with Gasteiger partial charge < -0.3 is 9.67 Å². The van der Waals surface area contributed by atoms with Crippen LogP contribution in [0.15, 0.2) is 59.9 Å². The molecule has 0 radical (unpaired) electrons. The minimum absolute atomic E-state index is 0.352. The van der Waals surface area contributed by atoms with Gasteiger partial charge in [-0.15, -0.1) is 16.4 Å². The van der Waals surface area contributed by atoms with Crippen molar-refractivity contribution >= 4 is 23.4 Å². The third-order valence-corrected chi connectivity index (χ3v) is 6.03. The van der Waals surface area contributed by atoms with Gasteiger partial charge in [0.05, 0.1) is 17.6 Å². The van der Waals surface area contributed by atoms with Crippen LogP contribution in [0.4, 0.5) is 0 Å². The molecule has 0 amide bonds. The fourth-order valence-corrected chi connectivity index (χ4v) is 4.17. The summed E-state index contributed by atoms with van der Waals surface area (Å²) in [5, 5.41) is 23.0. The highest BCUT2D eigenvalue weighted by Crippen LogP contribution is 2.20. The lowest BCUT2D eigenvalue weighted by atomic mass is 10.1. The number of thiophene rings is 1. The molecule has 0 bridgehead atoms. The number of unbranched alkanes of at least 4 members (excludes halogenated alkanes) is 1. The maximum Gasteiger partial charge on any atom is 0.332 e. The number of hydrogen-bond donors (Lipinski definition) is 1. The fraction of sp³-hybridized carbons (Fsp3) is 0.261. The smallest absolute Gasteiger partial charge is 0.332 e. The summed E-state index contributed by atoms with van der Waals surface area (Å²) in [5.41, 5.74) is 3.11. The molecule has 4 aromatic rings. The van der Waals surface area contributed by atoms with Crippen molar-refractivity contribution in [2.75, 3.05) is 0 Å². The molecule has 3 heterocycles. The quantitative estimate of drug-likeness (QED) is 0.368. The Morgan fingerprint density at radius 3 is 2.72 bits per heavy atom. The number of imidazole rings is 1. The summed E-state index contributed by atoms with van der Waals surface area (Å²) in [5.74, 6) is 0.0515. The lowest BCUT2D eigenvalue weighted by molar-refractivity contribution is -0.132. The molecule has 1 N–H and O–H groups in total. The van der Waals surface area contributed by atoms with Crippen LogP contribution < -0.4 is 0 Å². The number of aliphatic carboxylic acids is 1. The van der Waals surface area contributed by atoms with Gasteiger partial charge >= 0.3 is 5.97 Å². The summed E-state index contributed by atoms with van der Waals surface area (Å²) >= 11 is 1.56. The number of benzene rings is 1. The van der Waals surface area contributed by atoms with E-state index in [-0.39, 0.29) is 0 Å². The summed E-state index contributed by atoms with van der Waals surface area (Å²) < 4.78 is 3.71. The molecule has 164 valence electrons. The molecule has 8 nitrogen and oxygen atoms in total. The van der Waals surface area contributed by atoms with E-state index in [1.807, 2.05) is 41.8 Å². The SMILES string of the molecule is CCCCc1ncc(/C=C(\Cc2cccs2)C(=O)O)n1Cc1ccc(-n2cnnn2)cc1. The van der Waals surface area contributed by atoms with Crippen molar-refractivity contribution in [3.8, 4) is 5.69 Å². The molecule has 0 aliphatic rings. The monoisotopic (exact) mass is 448 g/mol. The molecular weight excluding hydrogens is 424 g/mol. The zero-order valence-electron chi connectivity index (χ0n) is 17.8. The Bertz CT molecular complexity index is 1180. The molecule has 0 atom stereocenters. The molecule has 1 aromatic carbocycles. The molecule has 0 fully saturated rings. The van der Waals surface area contributed by atoms with Crippen molar-refractivity contribution in [2.24, 2.45) is 0 Å². The van der Waals surface area contributed by atoms with Crippen molar-refractivity contribution in [3.05, 3.63) is 81.8 Å². The molecule has 4 rings (SSSR count). The topological polar surface area (TPSA) is 98.7 Å². The number of aromatic nitrogens is 6. The van der Waals surface area contributed by atoms with Crippen molar-refractivity contribution in [1.29, 1.82) is 0 Å². The third-order valence-electron chi connectivity index (χ3n) is 5.16. The standard InChI is InChI=1S/C23H24N6O2S/c1-2-3-6-22-24-14-20(12-18(23(30)31)13-21-5-4-11-32-21)28(22)15-17-7-9-19(10-8-17)29-16-25-26-27-29/h4-5,7-12,14,16H,2-3,6,13,15H2,1H3,(H,30,31)/b18-12+.